The van der Waals surface area contributed by atoms with Gasteiger partial charge in [-0.3, -0.25) is 0 Å². The second-order valence-corrected chi connectivity index (χ2v) is 7.87. The molecule has 35 heavy (non-hydrogen) atoms. The van der Waals surface area contributed by atoms with Gasteiger partial charge in [0.15, 0.2) is 12.0 Å². The van der Waals surface area contributed by atoms with Crippen LogP contribution in [0.15, 0.2) is 60.8 Å². The number of pyridine rings is 1. The smallest absolute Gasteiger partial charge is 0.491 e. The van der Waals surface area contributed by atoms with Crippen molar-refractivity contribution in [1.29, 1.82) is 0 Å². The number of hydroxylamine groups is 1. The molecule has 1 atom stereocenters. The topological polar surface area (TPSA) is 72.9 Å². The van der Waals surface area contributed by atoms with Gasteiger partial charge in [0.2, 0.25) is 0 Å². The first-order chi connectivity index (χ1) is 16.6. The van der Waals surface area contributed by atoms with Gasteiger partial charge in [0, 0.05) is 17.3 Å². The minimum atomic E-state index is -5.21. The summed E-state index contributed by atoms with van der Waals surface area (Å²) in [7, 11) is 0. The first-order valence-electron chi connectivity index (χ1n) is 10.6. The number of carbonyl (C=O) groups excluding carboxylic acids is 1. The van der Waals surface area contributed by atoms with Crippen molar-refractivity contribution < 1.29 is 36.7 Å². The molecule has 0 saturated heterocycles. The molecule has 0 bridgehead atoms. The lowest BCUT2D eigenvalue weighted by atomic mass is 10.1. The zero-order valence-electron chi connectivity index (χ0n) is 18.7. The third-order valence-corrected chi connectivity index (χ3v) is 4.94. The molecule has 0 spiro atoms. The number of nitrogens with zero attached hydrogens (tertiary/aromatic N) is 2. The molecule has 7 nitrogen and oxygen atoms in total. The number of hydrogen-bond acceptors (Lipinski definition) is 7. The van der Waals surface area contributed by atoms with Gasteiger partial charge in [-0.05, 0) is 50.2 Å². The molecular weight excluding hydrogens is 470 g/mol. The van der Waals surface area contributed by atoms with Crippen LogP contribution >= 0.6 is 0 Å². The van der Waals surface area contributed by atoms with Crippen molar-refractivity contribution in [1.82, 2.24) is 4.98 Å². The zero-order chi connectivity index (χ0) is 25.2. The molecule has 1 aromatic heterocycles. The van der Waals surface area contributed by atoms with E-state index < -0.39 is 24.1 Å². The monoisotopic (exact) mass is 491 g/mol. The summed E-state index contributed by atoms with van der Waals surface area (Å²) < 4.78 is 64.6. The highest BCUT2D eigenvalue weighted by Gasteiger charge is 2.46. The molecular formula is C24H21F4N3O4. The number of nitrogens with one attached hydrogen (secondary N) is 1. The number of carbonyl (C=O) groups is 1. The molecule has 1 unspecified atom stereocenters. The Morgan fingerprint density at radius 2 is 1.91 bits per heavy atom. The Labute approximate surface area is 198 Å². The molecule has 11 heteroatoms. The van der Waals surface area contributed by atoms with Crippen LogP contribution < -0.4 is 19.9 Å². The number of hydrogen-bond donors (Lipinski definition) is 1. The third kappa shape index (κ3) is 5.39. The molecule has 2 heterocycles. The van der Waals surface area contributed by atoms with Gasteiger partial charge in [-0.1, -0.05) is 18.2 Å². The number of alkyl halides is 3. The number of halogens is 4. The number of ether oxygens (including phenoxy) is 2. The summed E-state index contributed by atoms with van der Waals surface area (Å²) in [6.45, 7) is 3.49. The molecule has 0 radical (unpaired) electrons. The lowest BCUT2D eigenvalue weighted by molar-refractivity contribution is -0.201. The molecule has 4 rings (SSSR count). The number of aromatic nitrogens is 1. The van der Waals surface area contributed by atoms with Gasteiger partial charge < -0.3 is 19.6 Å². The van der Waals surface area contributed by atoms with E-state index in [2.05, 4.69) is 10.3 Å². The van der Waals surface area contributed by atoms with Crippen molar-refractivity contribution in [3.05, 3.63) is 77.7 Å². The Hall–Kier alpha value is -4.02. The van der Waals surface area contributed by atoms with Crippen LogP contribution in [0.5, 0.6) is 11.5 Å². The van der Waals surface area contributed by atoms with Gasteiger partial charge in [-0.25, -0.2) is 14.2 Å². The Bertz CT molecular complexity index is 1220. The van der Waals surface area contributed by atoms with Crippen molar-refractivity contribution in [3.63, 3.8) is 0 Å². The quantitative estimate of drug-likeness (QED) is 0.435. The maximum absolute atomic E-state index is 14.0. The first kappa shape index (κ1) is 24.1. The maximum atomic E-state index is 14.0. The first-order valence-corrected chi connectivity index (χ1v) is 10.6. The van der Waals surface area contributed by atoms with Crippen molar-refractivity contribution in [3.8, 4) is 11.5 Å². The van der Waals surface area contributed by atoms with Crippen LogP contribution in [0.3, 0.4) is 0 Å². The highest BCUT2D eigenvalue weighted by Crippen LogP contribution is 2.44. The van der Waals surface area contributed by atoms with Crippen LogP contribution in [0.1, 0.15) is 31.1 Å². The summed E-state index contributed by atoms with van der Waals surface area (Å²) in [5.74, 6) is -2.00. The van der Waals surface area contributed by atoms with E-state index in [-0.39, 0.29) is 24.2 Å². The highest BCUT2D eigenvalue weighted by molar-refractivity contribution is 5.80. The summed E-state index contributed by atoms with van der Waals surface area (Å²) >= 11 is 0. The largest absolute Gasteiger partial charge is 0.493 e. The zero-order valence-corrected chi connectivity index (χ0v) is 18.7. The highest BCUT2D eigenvalue weighted by atomic mass is 19.4. The minimum Gasteiger partial charge on any atom is -0.491 e. The predicted molar refractivity (Wildman–Crippen MR) is 118 cm³/mol. The van der Waals surface area contributed by atoms with Gasteiger partial charge in [0.1, 0.15) is 29.6 Å². The van der Waals surface area contributed by atoms with Crippen molar-refractivity contribution >= 4 is 17.5 Å². The van der Waals surface area contributed by atoms with Gasteiger partial charge in [0.05, 0.1) is 6.10 Å². The number of rotatable bonds is 7. The van der Waals surface area contributed by atoms with Crippen LogP contribution in [0, 0.1) is 5.82 Å². The second-order valence-electron chi connectivity index (χ2n) is 7.87. The normalized spacial score (nSPS) is 14.9. The van der Waals surface area contributed by atoms with Crippen LogP contribution in [-0.4, -0.2) is 23.2 Å². The number of anilines is 2. The van der Waals surface area contributed by atoms with E-state index >= 15 is 0 Å². The molecule has 0 amide bonds. The SMILES string of the molecule is CC(C)Oc1ccc(OCc2ccccc2F)cc1C1Nc2ncccc2N1OC(=O)C(F)(F)F. The average molecular weight is 491 g/mol. The fourth-order valence-electron chi connectivity index (χ4n) is 3.43. The Balaban J connectivity index is 1.69. The Morgan fingerprint density at radius 1 is 1.14 bits per heavy atom. The maximum Gasteiger partial charge on any atom is 0.493 e. The number of fused-ring (bicyclic) bond motifs is 1. The summed E-state index contributed by atoms with van der Waals surface area (Å²) in [5, 5.41) is 3.75. The summed E-state index contributed by atoms with van der Waals surface area (Å²) in [6, 6.07) is 13.8. The minimum absolute atomic E-state index is 0.0802. The fraction of sp³-hybridized carbons (Fsp3) is 0.250. The summed E-state index contributed by atoms with van der Waals surface area (Å²) in [6.07, 6.45) is -5.15. The molecule has 184 valence electrons. The van der Waals surface area contributed by atoms with E-state index in [1.54, 1.807) is 44.2 Å². The van der Waals surface area contributed by atoms with Crippen molar-refractivity contribution in [2.45, 2.75) is 38.9 Å². The predicted octanol–water partition coefficient (Wildman–Crippen LogP) is 5.54. The molecule has 0 saturated carbocycles. The lowest BCUT2D eigenvalue weighted by Crippen LogP contribution is -2.37. The van der Waals surface area contributed by atoms with Crippen LogP contribution in [0.25, 0.3) is 0 Å². The molecule has 0 fully saturated rings. The molecule has 1 aliphatic rings. The summed E-state index contributed by atoms with van der Waals surface area (Å²) in [4.78, 5) is 20.5. The van der Waals surface area contributed by atoms with Crippen LogP contribution in [0.2, 0.25) is 0 Å². The van der Waals surface area contributed by atoms with E-state index in [1.807, 2.05) is 0 Å². The molecule has 2 aromatic carbocycles. The molecule has 0 aliphatic carbocycles. The van der Waals surface area contributed by atoms with E-state index in [1.165, 1.54) is 30.5 Å². The van der Waals surface area contributed by atoms with Crippen molar-refractivity contribution in [2.75, 3.05) is 10.4 Å². The molecule has 1 N–H and O–H groups in total. The van der Waals surface area contributed by atoms with Crippen LogP contribution in [-0.2, 0) is 16.2 Å². The summed E-state index contributed by atoms with van der Waals surface area (Å²) in [5.41, 5.74) is 0.772. The van der Waals surface area contributed by atoms with Gasteiger partial charge in [0.25, 0.3) is 0 Å². The molecule has 3 aromatic rings. The molecule has 1 aliphatic heterocycles. The van der Waals surface area contributed by atoms with E-state index in [0.29, 0.717) is 22.6 Å². The van der Waals surface area contributed by atoms with E-state index in [0.717, 1.165) is 5.06 Å². The van der Waals surface area contributed by atoms with Gasteiger partial charge in [-0.15, -0.1) is 0 Å². The number of benzene rings is 2. The van der Waals surface area contributed by atoms with Gasteiger partial charge in [-0.2, -0.15) is 18.2 Å². The standard InChI is InChI=1S/C24H21F4N3O4/c1-14(2)34-20-10-9-16(33-13-15-6-3-4-7-18(15)25)12-17(20)22-30-21-19(8-5-11-29-21)31(22)35-23(32)24(26,27)28/h3-12,14,22H,13H2,1-2H3,(H,29,30). The third-order valence-electron chi connectivity index (χ3n) is 4.94. The van der Waals surface area contributed by atoms with E-state index in [9.17, 15) is 22.4 Å². The van der Waals surface area contributed by atoms with Crippen molar-refractivity contribution in [2.24, 2.45) is 0 Å². The van der Waals surface area contributed by atoms with Gasteiger partial charge >= 0.3 is 12.1 Å². The Morgan fingerprint density at radius 3 is 2.63 bits per heavy atom. The van der Waals surface area contributed by atoms with E-state index in [4.69, 9.17) is 14.3 Å². The second kappa shape index (κ2) is 9.69. The lowest BCUT2D eigenvalue weighted by Gasteiger charge is -2.27. The average Bonchev–Trinajstić information content (AvgIpc) is 3.16. The fourth-order valence-corrected chi connectivity index (χ4v) is 3.43. The Kier molecular flexibility index (Phi) is 6.68. The van der Waals surface area contributed by atoms with Crippen LogP contribution in [0.4, 0.5) is 29.1 Å².